The van der Waals surface area contributed by atoms with E-state index in [1.807, 2.05) is 6.92 Å². The molecule has 1 fully saturated rings. The number of aromatic nitrogens is 2. The van der Waals surface area contributed by atoms with Crippen molar-refractivity contribution in [2.75, 3.05) is 19.6 Å². The molecule has 1 amide bonds. The Kier molecular flexibility index (Phi) is 4.49. The molecule has 1 aromatic heterocycles. The first-order chi connectivity index (χ1) is 11.7. The summed E-state index contributed by atoms with van der Waals surface area (Å²) < 4.78 is 41.0. The molecule has 1 aliphatic rings. The number of fused-ring (bicyclic) bond motifs is 1. The van der Waals surface area contributed by atoms with Gasteiger partial charge in [0.15, 0.2) is 0 Å². The Morgan fingerprint density at radius 3 is 2.68 bits per heavy atom. The average molecular weight is 354 g/mol. The predicted molar refractivity (Wildman–Crippen MR) is 88.5 cm³/mol. The van der Waals surface area contributed by atoms with Crippen LogP contribution in [0.5, 0.6) is 0 Å². The molecular formula is C17H21F3N4O. The number of halogens is 3. The number of hydrogen-bond acceptors (Lipinski definition) is 3. The third-order valence-corrected chi connectivity index (χ3v) is 4.47. The molecule has 2 heterocycles. The number of nitrogens with zero attached hydrogens (tertiary/aromatic N) is 3. The summed E-state index contributed by atoms with van der Waals surface area (Å²) in [4.78, 5) is 18.2. The lowest BCUT2D eigenvalue weighted by molar-refractivity contribution is -0.147. The van der Waals surface area contributed by atoms with E-state index in [-0.39, 0.29) is 17.5 Å². The molecule has 136 valence electrons. The van der Waals surface area contributed by atoms with Crippen molar-refractivity contribution in [1.29, 1.82) is 0 Å². The van der Waals surface area contributed by atoms with E-state index in [1.54, 1.807) is 30.9 Å². The normalized spacial score (nSPS) is 19.0. The Hall–Kier alpha value is -2.09. The van der Waals surface area contributed by atoms with Gasteiger partial charge in [0, 0.05) is 37.3 Å². The zero-order valence-electron chi connectivity index (χ0n) is 14.4. The summed E-state index contributed by atoms with van der Waals surface area (Å²) in [5, 5.41) is 3.21. The van der Waals surface area contributed by atoms with Crippen LogP contribution < -0.4 is 5.32 Å². The van der Waals surface area contributed by atoms with Gasteiger partial charge in [-0.05, 0) is 39.0 Å². The monoisotopic (exact) mass is 354 g/mol. The Morgan fingerprint density at radius 1 is 1.36 bits per heavy atom. The molecule has 5 nitrogen and oxygen atoms in total. The molecule has 1 aliphatic heterocycles. The number of hydrogen-bond donors (Lipinski definition) is 1. The van der Waals surface area contributed by atoms with Crippen LogP contribution in [-0.2, 0) is 6.18 Å². The van der Waals surface area contributed by atoms with Gasteiger partial charge in [-0.2, -0.15) is 13.2 Å². The van der Waals surface area contributed by atoms with Gasteiger partial charge in [0.2, 0.25) is 5.82 Å². The predicted octanol–water partition coefficient (Wildman–Crippen LogP) is 3.07. The van der Waals surface area contributed by atoms with Crippen LogP contribution in [0, 0.1) is 0 Å². The average Bonchev–Trinajstić information content (AvgIpc) is 2.93. The Morgan fingerprint density at radius 2 is 2.08 bits per heavy atom. The summed E-state index contributed by atoms with van der Waals surface area (Å²) in [5.41, 5.74) is 0.935. The second kappa shape index (κ2) is 6.33. The second-order valence-electron chi connectivity index (χ2n) is 6.65. The van der Waals surface area contributed by atoms with Crippen LogP contribution in [0.15, 0.2) is 18.2 Å². The largest absolute Gasteiger partial charge is 0.449 e. The van der Waals surface area contributed by atoms with Crippen LogP contribution in [0.4, 0.5) is 13.2 Å². The van der Waals surface area contributed by atoms with E-state index < -0.39 is 18.0 Å². The van der Waals surface area contributed by atoms with Crippen molar-refractivity contribution in [1.82, 2.24) is 19.8 Å². The zero-order valence-corrected chi connectivity index (χ0v) is 14.4. The van der Waals surface area contributed by atoms with Crippen molar-refractivity contribution >= 4 is 16.9 Å². The fraction of sp³-hybridized carbons (Fsp3) is 0.529. The minimum Gasteiger partial charge on any atom is -0.333 e. The fourth-order valence-corrected chi connectivity index (χ4v) is 3.26. The smallest absolute Gasteiger partial charge is 0.333 e. The topological polar surface area (TPSA) is 50.2 Å². The van der Waals surface area contributed by atoms with Crippen LogP contribution in [0.1, 0.15) is 43.0 Å². The molecule has 1 atom stereocenters. The number of piperazine rings is 1. The van der Waals surface area contributed by atoms with Gasteiger partial charge in [-0.1, -0.05) is 0 Å². The molecule has 1 N–H and O–H groups in total. The van der Waals surface area contributed by atoms with E-state index in [9.17, 15) is 18.0 Å². The summed E-state index contributed by atoms with van der Waals surface area (Å²) in [6.07, 6.45) is -4.54. The van der Waals surface area contributed by atoms with Gasteiger partial charge in [0.25, 0.3) is 5.91 Å². The summed E-state index contributed by atoms with van der Waals surface area (Å²) in [7, 11) is 0. The van der Waals surface area contributed by atoms with Crippen LogP contribution in [0.2, 0.25) is 0 Å². The maximum atomic E-state index is 13.3. The number of alkyl halides is 3. The third kappa shape index (κ3) is 3.22. The number of amides is 1. The van der Waals surface area contributed by atoms with Crippen LogP contribution in [0.25, 0.3) is 11.0 Å². The van der Waals surface area contributed by atoms with Crippen molar-refractivity contribution in [3.63, 3.8) is 0 Å². The molecule has 0 aliphatic carbocycles. The lowest BCUT2D eigenvalue weighted by Crippen LogP contribution is -2.52. The SMILES string of the molecule is CC(C)n1c(C(F)(F)F)nc2cc(C(=O)N3CCNC[C@@H]3C)ccc21. The van der Waals surface area contributed by atoms with Gasteiger partial charge in [0.05, 0.1) is 11.0 Å². The van der Waals surface area contributed by atoms with Crippen molar-refractivity contribution in [2.24, 2.45) is 0 Å². The molecular weight excluding hydrogens is 333 g/mol. The molecule has 0 radical (unpaired) electrons. The van der Waals surface area contributed by atoms with Crippen molar-refractivity contribution < 1.29 is 18.0 Å². The van der Waals surface area contributed by atoms with E-state index in [4.69, 9.17) is 0 Å². The van der Waals surface area contributed by atoms with Gasteiger partial charge in [-0.15, -0.1) is 0 Å². The molecule has 25 heavy (non-hydrogen) atoms. The highest BCUT2D eigenvalue weighted by atomic mass is 19.4. The summed E-state index contributed by atoms with van der Waals surface area (Å²) in [6, 6.07) is 4.24. The first-order valence-electron chi connectivity index (χ1n) is 8.31. The van der Waals surface area contributed by atoms with Gasteiger partial charge in [0.1, 0.15) is 0 Å². The first-order valence-corrected chi connectivity index (χ1v) is 8.31. The van der Waals surface area contributed by atoms with Crippen LogP contribution in [-0.4, -0.2) is 46.0 Å². The minimum absolute atomic E-state index is 0.0379. The summed E-state index contributed by atoms with van der Waals surface area (Å²) in [5.74, 6) is -1.11. The minimum atomic E-state index is -4.54. The maximum Gasteiger partial charge on any atom is 0.449 e. The van der Waals surface area contributed by atoms with Crippen LogP contribution in [0.3, 0.4) is 0 Å². The second-order valence-corrected chi connectivity index (χ2v) is 6.65. The molecule has 0 saturated carbocycles. The van der Waals surface area contributed by atoms with Gasteiger partial charge in [-0.3, -0.25) is 4.79 Å². The molecule has 0 spiro atoms. The lowest BCUT2D eigenvalue weighted by atomic mass is 10.1. The maximum absolute atomic E-state index is 13.3. The van der Waals surface area contributed by atoms with E-state index in [0.29, 0.717) is 30.7 Å². The highest BCUT2D eigenvalue weighted by Gasteiger charge is 2.38. The third-order valence-electron chi connectivity index (χ3n) is 4.47. The number of carbonyl (C=O) groups excluding carboxylic acids is 1. The van der Waals surface area contributed by atoms with Crippen molar-refractivity contribution in [3.05, 3.63) is 29.6 Å². The van der Waals surface area contributed by atoms with E-state index in [1.165, 1.54) is 6.07 Å². The van der Waals surface area contributed by atoms with E-state index in [2.05, 4.69) is 10.3 Å². The van der Waals surface area contributed by atoms with Crippen molar-refractivity contribution in [3.8, 4) is 0 Å². The summed E-state index contributed by atoms with van der Waals surface area (Å²) >= 11 is 0. The van der Waals surface area contributed by atoms with Gasteiger partial charge < -0.3 is 14.8 Å². The zero-order chi connectivity index (χ0) is 18.4. The lowest BCUT2D eigenvalue weighted by Gasteiger charge is -2.34. The molecule has 3 rings (SSSR count). The molecule has 1 aromatic carbocycles. The number of imidazole rings is 1. The van der Waals surface area contributed by atoms with Gasteiger partial charge >= 0.3 is 6.18 Å². The van der Waals surface area contributed by atoms with Crippen molar-refractivity contribution in [2.45, 2.75) is 39.0 Å². The Bertz CT molecular complexity index is 797. The molecule has 8 heteroatoms. The highest BCUT2D eigenvalue weighted by Crippen LogP contribution is 2.34. The summed E-state index contributed by atoms with van der Waals surface area (Å²) in [6.45, 7) is 7.28. The quantitative estimate of drug-likeness (QED) is 0.902. The fourth-order valence-electron chi connectivity index (χ4n) is 3.26. The molecule has 1 saturated heterocycles. The molecule has 0 unspecified atom stereocenters. The Balaban J connectivity index is 2.04. The standard InChI is InChI=1S/C17H21F3N4O/c1-10(2)24-14-5-4-12(8-13(14)22-16(24)17(18,19)20)15(25)23-7-6-21-9-11(23)3/h4-5,8,10-11,21H,6-7,9H2,1-3H3/t11-/m0/s1. The van der Waals surface area contributed by atoms with E-state index >= 15 is 0 Å². The highest BCUT2D eigenvalue weighted by molar-refractivity contribution is 5.97. The molecule has 2 aromatic rings. The number of benzene rings is 1. The Labute approximate surface area is 143 Å². The number of rotatable bonds is 2. The van der Waals surface area contributed by atoms with Crippen LogP contribution >= 0.6 is 0 Å². The van der Waals surface area contributed by atoms with E-state index in [0.717, 1.165) is 4.57 Å². The number of carbonyl (C=O) groups is 1. The molecule has 0 bridgehead atoms. The first kappa shape index (κ1) is 17.7. The van der Waals surface area contributed by atoms with Gasteiger partial charge in [-0.25, -0.2) is 4.98 Å². The number of nitrogens with one attached hydrogen (secondary N) is 1.